The van der Waals surface area contributed by atoms with E-state index in [2.05, 4.69) is 20.6 Å². The van der Waals surface area contributed by atoms with Gasteiger partial charge in [0.05, 0.1) is 0 Å². The van der Waals surface area contributed by atoms with Gasteiger partial charge in [-0.25, -0.2) is 9.97 Å². The number of aryl methyl sites for hydroxylation is 1. The standard InChI is InChI=1S/C13H20N4O/c1-9-7-13(15-8-14-9)17-12-5-3-11(4-6-12)16-10(2)18/h7-8,11-12H,3-6H2,1-2H3,(H,16,18)(H,14,15,17)/t11-,12+. The molecule has 0 aliphatic heterocycles. The van der Waals surface area contributed by atoms with Gasteiger partial charge in [-0.2, -0.15) is 0 Å². The molecule has 0 atom stereocenters. The second-order valence-corrected chi connectivity index (χ2v) is 4.94. The summed E-state index contributed by atoms with van der Waals surface area (Å²) in [5, 5.41) is 6.41. The highest BCUT2D eigenvalue weighted by atomic mass is 16.1. The fraction of sp³-hybridized carbons (Fsp3) is 0.615. The summed E-state index contributed by atoms with van der Waals surface area (Å²) in [7, 11) is 0. The molecule has 98 valence electrons. The lowest BCUT2D eigenvalue weighted by atomic mass is 9.91. The fourth-order valence-corrected chi connectivity index (χ4v) is 2.41. The molecule has 1 aromatic rings. The first-order valence-corrected chi connectivity index (χ1v) is 6.46. The topological polar surface area (TPSA) is 66.9 Å². The van der Waals surface area contributed by atoms with Crippen LogP contribution in [0.3, 0.4) is 0 Å². The summed E-state index contributed by atoms with van der Waals surface area (Å²) in [5.74, 6) is 0.961. The molecule has 0 aromatic carbocycles. The van der Waals surface area contributed by atoms with E-state index in [0.29, 0.717) is 12.1 Å². The molecule has 1 saturated carbocycles. The summed E-state index contributed by atoms with van der Waals surface area (Å²) in [5.41, 5.74) is 0.972. The van der Waals surface area contributed by atoms with Crippen molar-refractivity contribution >= 4 is 11.7 Å². The zero-order valence-corrected chi connectivity index (χ0v) is 10.9. The van der Waals surface area contributed by atoms with Gasteiger partial charge < -0.3 is 10.6 Å². The number of hydrogen-bond donors (Lipinski definition) is 2. The van der Waals surface area contributed by atoms with E-state index in [0.717, 1.165) is 37.2 Å². The van der Waals surface area contributed by atoms with Crippen LogP contribution in [-0.4, -0.2) is 28.0 Å². The second-order valence-electron chi connectivity index (χ2n) is 4.94. The number of hydrogen-bond acceptors (Lipinski definition) is 4. The molecule has 1 aliphatic rings. The SMILES string of the molecule is CC(=O)N[C@H]1CC[C@@H](Nc2cc(C)ncn2)CC1. The third-order valence-corrected chi connectivity index (χ3v) is 3.29. The average Bonchev–Trinajstić information content (AvgIpc) is 2.31. The molecule has 1 fully saturated rings. The van der Waals surface area contributed by atoms with E-state index in [-0.39, 0.29) is 5.91 Å². The number of amides is 1. The van der Waals surface area contributed by atoms with Gasteiger partial charge in [0.1, 0.15) is 12.1 Å². The normalized spacial score (nSPS) is 23.4. The molecule has 18 heavy (non-hydrogen) atoms. The van der Waals surface area contributed by atoms with Crippen molar-refractivity contribution in [3.05, 3.63) is 18.1 Å². The van der Waals surface area contributed by atoms with Crippen molar-refractivity contribution < 1.29 is 4.79 Å². The Kier molecular flexibility index (Phi) is 4.12. The van der Waals surface area contributed by atoms with Gasteiger partial charge in [-0.3, -0.25) is 4.79 Å². The maximum atomic E-state index is 11.0. The Bertz CT molecular complexity index is 413. The molecule has 1 aromatic heterocycles. The number of nitrogens with zero attached hydrogens (tertiary/aromatic N) is 2. The van der Waals surface area contributed by atoms with E-state index >= 15 is 0 Å². The zero-order valence-electron chi connectivity index (χ0n) is 10.9. The summed E-state index contributed by atoms with van der Waals surface area (Å²) >= 11 is 0. The lowest BCUT2D eigenvalue weighted by Gasteiger charge is -2.29. The minimum atomic E-state index is 0.0674. The van der Waals surface area contributed by atoms with Crippen molar-refractivity contribution in [3.63, 3.8) is 0 Å². The van der Waals surface area contributed by atoms with Gasteiger partial charge >= 0.3 is 0 Å². The van der Waals surface area contributed by atoms with Gasteiger partial charge in [-0.1, -0.05) is 0 Å². The molecule has 2 N–H and O–H groups in total. The van der Waals surface area contributed by atoms with Crippen molar-refractivity contribution in [2.45, 2.75) is 51.6 Å². The first-order chi connectivity index (χ1) is 8.63. The first kappa shape index (κ1) is 12.8. The van der Waals surface area contributed by atoms with E-state index in [9.17, 15) is 4.79 Å². The Balaban J connectivity index is 1.81. The molecule has 5 nitrogen and oxygen atoms in total. The summed E-state index contributed by atoms with van der Waals surface area (Å²) in [4.78, 5) is 19.3. The molecule has 1 heterocycles. The van der Waals surface area contributed by atoms with E-state index in [1.807, 2.05) is 13.0 Å². The molecule has 1 aliphatic carbocycles. The minimum Gasteiger partial charge on any atom is -0.367 e. The number of nitrogens with one attached hydrogen (secondary N) is 2. The van der Waals surface area contributed by atoms with Gasteiger partial charge in [0, 0.05) is 30.8 Å². The summed E-state index contributed by atoms with van der Waals surface area (Å²) < 4.78 is 0. The third-order valence-electron chi connectivity index (χ3n) is 3.29. The van der Waals surface area contributed by atoms with E-state index in [1.165, 1.54) is 0 Å². The molecule has 0 radical (unpaired) electrons. The van der Waals surface area contributed by atoms with Gasteiger partial charge in [-0.05, 0) is 32.6 Å². The molecule has 0 saturated heterocycles. The molecule has 2 rings (SSSR count). The second kappa shape index (κ2) is 5.80. The van der Waals surface area contributed by atoms with E-state index in [1.54, 1.807) is 13.3 Å². The zero-order chi connectivity index (χ0) is 13.0. The summed E-state index contributed by atoms with van der Waals surface area (Å²) in [6.45, 7) is 3.54. The Morgan fingerprint density at radius 2 is 1.89 bits per heavy atom. The summed E-state index contributed by atoms with van der Waals surface area (Å²) in [6.07, 6.45) is 5.77. The van der Waals surface area contributed by atoms with Crippen molar-refractivity contribution in [1.82, 2.24) is 15.3 Å². The van der Waals surface area contributed by atoms with Crippen LogP contribution in [0.2, 0.25) is 0 Å². The van der Waals surface area contributed by atoms with Crippen LogP contribution in [0, 0.1) is 6.92 Å². The maximum Gasteiger partial charge on any atom is 0.217 e. The number of carbonyl (C=O) groups excluding carboxylic acids is 1. The fourth-order valence-electron chi connectivity index (χ4n) is 2.41. The molecule has 1 amide bonds. The van der Waals surface area contributed by atoms with Crippen molar-refractivity contribution in [3.8, 4) is 0 Å². The maximum absolute atomic E-state index is 11.0. The Hall–Kier alpha value is -1.65. The van der Waals surface area contributed by atoms with Crippen LogP contribution in [0.15, 0.2) is 12.4 Å². The van der Waals surface area contributed by atoms with Crippen molar-refractivity contribution in [1.29, 1.82) is 0 Å². The van der Waals surface area contributed by atoms with Crippen LogP contribution >= 0.6 is 0 Å². The molecule has 5 heteroatoms. The monoisotopic (exact) mass is 248 g/mol. The molecule has 0 spiro atoms. The molecule has 0 bridgehead atoms. The highest BCUT2D eigenvalue weighted by Gasteiger charge is 2.21. The highest BCUT2D eigenvalue weighted by Crippen LogP contribution is 2.21. The van der Waals surface area contributed by atoms with E-state index in [4.69, 9.17) is 0 Å². The number of anilines is 1. The Morgan fingerprint density at radius 3 is 2.50 bits per heavy atom. The smallest absolute Gasteiger partial charge is 0.217 e. The van der Waals surface area contributed by atoms with Crippen LogP contribution in [-0.2, 0) is 4.79 Å². The Labute approximate surface area is 107 Å². The van der Waals surface area contributed by atoms with Gasteiger partial charge in [0.2, 0.25) is 5.91 Å². The Morgan fingerprint density at radius 1 is 1.22 bits per heavy atom. The van der Waals surface area contributed by atoms with Gasteiger partial charge in [-0.15, -0.1) is 0 Å². The van der Waals surface area contributed by atoms with Crippen LogP contribution in [0.25, 0.3) is 0 Å². The lowest BCUT2D eigenvalue weighted by molar-refractivity contribution is -0.119. The van der Waals surface area contributed by atoms with Crippen LogP contribution in [0.5, 0.6) is 0 Å². The van der Waals surface area contributed by atoms with Crippen molar-refractivity contribution in [2.24, 2.45) is 0 Å². The molecule has 0 unspecified atom stereocenters. The van der Waals surface area contributed by atoms with Gasteiger partial charge in [0.25, 0.3) is 0 Å². The van der Waals surface area contributed by atoms with Gasteiger partial charge in [0.15, 0.2) is 0 Å². The first-order valence-electron chi connectivity index (χ1n) is 6.46. The lowest BCUT2D eigenvalue weighted by Crippen LogP contribution is -2.39. The molecular weight excluding hydrogens is 228 g/mol. The average molecular weight is 248 g/mol. The van der Waals surface area contributed by atoms with Crippen LogP contribution < -0.4 is 10.6 Å². The largest absolute Gasteiger partial charge is 0.367 e. The number of rotatable bonds is 3. The highest BCUT2D eigenvalue weighted by molar-refractivity contribution is 5.73. The third kappa shape index (κ3) is 3.68. The minimum absolute atomic E-state index is 0.0674. The summed E-state index contributed by atoms with van der Waals surface area (Å²) in [6, 6.07) is 2.75. The predicted octanol–water partition coefficient (Wildman–Crippen LogP) is 1.64. The van der Waals surface area contributed by atoms with E-state index < -0.39 is 0 Å². The predicted molar refractivity (Wildman–Crippen MR) is 70.3 cm³/mol. The van der Waals surface area contributed by atoms with Crippen molar-refractivity contribution in [2.75, 3.05) is 5.32 Å². The number of carbonyl (C=O) groups is 1. The van der Waals surface area contributed by atoms with Crippen LogP contribution in [0.4, 0.5) is 5.82 Å². The van der Waals surface area contributed by atoms with Crippen LogP contribution in [0.1, 0.15) is 38.3 Å². The molecular formula is C13H20N4O. The number of aromatic nitrogens is 2. The quantitative estimate of drug-likeness (QED) is 0.853.